The lowest BCUT2D eigenvalue weighted by atomic mass is 9.88. The number of benzene rings is 2. The summed E-state index contributed by atoms with van der Waals surface area (Å²) in [5.41, 5.74) is 5.90. The average Bonchev–Trinajstić information content (AvgIpc) is 3.42. The second-order valence-electron chi connectivity index (χ2n) is 9.13. The quantitative estimate of drug-likeness (QED) is 0.665. The largest absolute Gasteiger partial charge is 0.488 e. The molecule has 3 aromatic rings. The van der Waals surface area contributed by atoms with Crippen LogP contribution < -0.4 is 15.4 Å². The lowest BCUT2D eigenvalue weighted by Crippen LogP contribution is -2.31. The molecule has 2 bridgehead atoms. The van der Waals surface area contributed by atoms with E-state index in [1.54, 1.807) is 6.20 Å². The van der Waals surface area contributed by atoms with E-state index in [2.05, 4.69) is 59.1 Å². The van der Waals surface area contributed by atoms with Crippen molar-refractivity contribution in [3.8, 4) is 22.6 Å². The summed E-state index contributed by atoms with van der Waals surface area (Å²) in [7, 11) is 0. The van der Waals surface area contributed by atoms with E-state index in [1.807, 2.05) is 16.9 Å². The van der Waals surface area contributed by atoms with Crippen LogP contribution in [0, 0.1) is 5.92 Å². The molecule has 1 aromatic heterocycles. The predicted molar refractivity (Wildman–Crippen MR) is 119 cm³/mol. The van der Waals surface area contributed by atoms with E-state index in [0.717, 1.165) is 23.0 Å². The van der Waals surface area contributed by atoms with Gasteiger partial charge in [0.2, 0.25) is 0 Å². The highest BCUT2D eigenvalue weighted by molar-refractivity contribution is 5.78. The van der Waals surface area contributed by atoms with Crippen LogP contribution in [0.5, 0.6) is 5.75 Å². The van der Waals surface area contributed by atoms with E-state index in [4.69, 9.17) is 4.74 Å². The normalized spacial score (nSPS) is 27.0. The molecular weight excluding hydrogens is 372 g/mol. The third-order valence-corrected chi connectivity index (χ3v) is 7.08. The van der Waals surface area contributed by atoms with Crippen LogP contribution >= 0.6 is 0 Å². The third kappa shape index (κ3) is 3.18. The van der Waals surface area contributed by atoms with Crippen molar-refractivity contribution < 1.29 is 4.74 Å². The molecule has 3 aliphatic rings. The number of fused-ring (bicyclic) bond motifs is 5. The van der Waals surface area contributed by atoms with Gasteiger partial charge in [-0.05, 0) is 73.1 Å². The highest BCUT2D eigenvalue weighted by Crippen LogP contribution is 2.40. The second kappa shape index (κ2) is 7.17. The van der Waals surface area contributed by atoms with Gasteiger partial charge in [0.25, 0.3) is 0 Å². The summed E-state index contributed by atoms with van der Waals surface area (Å²) in [4.78, 5) is 0. The standard InChI is InChI=1S/C25H28N4O/c1-16-11-18-3-4-20(27-18)13-24(16)28-19-5-7-22-17(12-19)15-30-25-14-21(6-8-23(22)25)29-10-2-9-26-29/h2,5-10,12,14,16,18,20,24,27-28H,3-4,11,13,15H2,1H3/t16-,18+,20-,24-/m0/s1. The minimum Gasteiger partial charge on any atom is -0.488 e. The summed E-state index contributed by atoms with van der Waals surface area (Å²) in [6.45, 7) is 3.00. The van der Waals surface area contributed by atoms with Crippen LogP contribution in [-0.4, -0.2) is 27.9 Å². The Balaban J connectivity index is 1.25. The van der Waals surface area contributed by atoms with Crippen molar-refractivity contribution in [2.45, 2.75) is 57.3 Å². The van der Waals surface area contributed by atoms with Crippen LogP contribution in [0.15, 0.2) is 54.9 Å². The molecule has 4 atom stereocenters. The fourth-order valence-corrected chi connectivity index (χ4v) is 5.48. The van der Waals surface area contributed by atoms with Crippen LogP contribution in [0.3, 0.4) is 0 Å². The van der Waals surface area contributed by atoms with Gasteiger partial charge >= 0.3 is 0 Å². The lowest BCUT2D eigenvalue weighted by molar-refractivity contribution is 0.302. The maximum Gasteiger partial charge on any atom is 0.129 e. The number of ether oxygens (including phenoxy) is 1. The molecule has 4 heterocycles. The van der Waals surface area contributed by atoms with Crippen LogP contribution in [0.1, 0.15) is 38.2 Å². The Morgan fingerprint density at radius 3 is 2.80 bits per heavy atom. The highest BCUT2D eigenvalue weighted by Gasteiger charge is 2.34. The summed E-state index contributed by atoms with van der Waals surface area (Å²) in [5, 5.41) is 12.0. The van der Waals surface area contributed by atoms with Gasteiger partial charge in [0.05, 0.1) is 5.69 Å². The first kappa shape index (κ1) is 18.0. The van der Waals surface area contributed by atoms with Crippen LogP contribution in [-0.2, 0) is 6.61 Å². The molecule has 0 spiro atoms. The molecule has 3 aliphatic heterocycles. The van der Waals surface area contributed by atoms with E-state index < -0.39 is 0 Å². The summed E-state index contributed by atoms with van der Waals surface area (Å²) in [5.74, 6) is 1.61. The van der Waals surface area contributed by atoms with Crippen molar-refractivity contribution in [1.82, 2.24) is 15.1 Å². The van der Waals surface area contributed by atoms with E-state index >= 15 is 0 Å². The van der Waals surface area contributed by atoms with Crippen LogP contribution in [0.2, 0.25) is 0 Å². The fraction of sp³-hybridized carbons (Fsp3) is 0.400. The molecule has 30 heavy (non-hydrogen) atoms. The lowest BCUT2D eigenvalue weighted by Gasteiger charge is -2.28. The number of anilines is 1. The second-order valence-corrected chi connectivity index (χ2v) is 9.13. The SMILES string of the molecule is C[C@H]1C[C@H]2CC[C@@H](C[C@@H]1Nc1ccc3c(c1)COc1cc(-n4cccn4)ccc1-3)N2. The predicted octanol–water partition coefficient (Wildman–Crippen LogP) is 4.76. The zero-order chi connectivity index (χ0) is 20.1. The number of nitrogens with zero attached hydrogens (tertiary/aromatic N) is 2. The molecule has 0 radical (unpaired) electrons. The Hall–Kier alpha value is -2.79. The topological polar surface area (TPSA) is 51.1 Å². The summed E-state index contributed by atoms with van der Waals surface area (Å²) in [6, 6.07) is 16.9. The molecule has 2 N–H and O–H groups in total. The van der Waals surface area contributed by atoms with Gasteiger partial charge in [0, 0.05) is 47.8 Å². The van der Waals surface area contributed by atoms with E-state index in [-0.39, 0.29) is 0 Å². The summed E-state index contributed by atoms with van der Waals surface area (Å²) < 4.78 is 8.00. The van der Waals surface area contributed by atoms with Crippen LogP contribution in [0.4, 0.5) is 5.69 Å². The monoisotopic (exact) mass is 400 g/mol. The number of aromatic nitrogens is 2. The number of hydrogen-bond donors (Lipinski definition) is 2. The van der Waals surface area contributed by atoms with Gasteiger partial charge in [-0.25, -0.2) is 4.68 Å². The van der Waals surface area contributed by atoms with Crippen molar-refractivity contribution in [1.29, 1.82) is 0 Å². The van der Waals surface area contributed by atoms with Gasteiger partial charge in [-0.2, -0.15) is 5.10 Å². The first-order valence-electron chi connectivity index (χ1n) is 11.2. The van der Waals surface area contributed by atoms with Crippen molar-refractivity contribution in [3.05, 3.63) is 60.4 Å². The number of hydrogen-bond acceptors (Lipinski definition) is 4. The third-order valence-electron chi connectivity index (χ3n) is 7.08. The van der Waals surface area contributed by atoms with Crippen molar-refractivity contribution >= 4 is 5.69 Å². The van der Waals surface area contributed by atoms with Gasteiger partial charge in [0.15, 0.2) is 0 Å². The van der Waals surface area contributed by atoms with Gasteiger partial charge in [-0.3, -0.25) is 0 Å². The molecule has 2 saturated heterocycles. The Kier molecular flexibility index (Phi) is 4.30. The molecule has 0 saturated carbocycles. The summed E-state index contributed by atoms with van der Waals surface area (Å²) in [6.07, 6.45) is 8.90. The highest BCUT2D eigenvalue weighted by atomic mass is 16.5. The molecule has 6 rings (SSSR count). The maximum absolute atomic E-state index is 6.14. The maximum atomic E-state index is 6.14. The van der Waals surface area contributed by atoms with Crippen LogP contribution in [0.25, 0.3) is 16.8 Å². The molecule has 2 aromatic carbocycles. The van der Waals surface area contributed by atoms with Crippen molar-refractivity contribution in [2.75, 3.05) is 5.32 Å². The Labute approximate surface area is 177 Å². The minimum atomic E-state index is 0.527. The number of nitrogens with one attached hydrogen (secondary N) is 2. The van der Waals surface area contributed by atoms with Gasteiger partial charge in [0.1, 0.15) is 12.4 Å². The number of rotatable bonds is 3. The summed E-state index contributed by atoms with van der Waals surface area (Å²) >= 11 is 0. The fourth-order valence-electron chi connectivity index (χ4n) is 5.48. The van der Waals surface area contributed by atoms with Gasteiger partial charge < -0.3 is 15.4 Å². The Morgan fingerprint density at radius 1 is 1.07 bits per heavy atom. The smallest absolute Gasteiger partial charge is 0.129 e. The zero-order valence-corrected chi connectivity index (χ0v) is 17.3. The van der Waals surface area contributed by atoms with Gasteiger partial charge in [-0.1, -0.05) is 13.0 Å². The molecule has 5 heteroatoms. The first-order chi connectivity index (χ1) is 14.7. The van der Waals surface area contributed by atoms with Crippen molar-refractivity contribution in [2.24, 2.45) is 5.92 Å². The molecule has 0 aliphatic carbocycles. The molecule has 2 fully saturated rings. The van der Waals surface area contributed by atoms with Gasteiger partial charge in [-0.15, -0.1) is 0 Å². The molecule has 0 unspecified atom stereocenters. The molecule has 154 valence electrons. The molecular formula is C25H28N4O. The Morgan fingerprint density at radius 2 is 1.93 bits per heavy atom. The molecule has 0 amide bonds. The Bertz CT molecular complexity index is 1060. The first-order valence-corrected chi connectivity index (χ1v) is 11.2. The minimum absolute atomic E-state index is 0.527. The zero-order valence-electron chi connectivity index (χ0n) is 17.3. The molecule has 5 nitrogen and oxygen atoms in total. The van der Waals surface area contributed by atoms with E-state index in [9.17, 15) is 0 Å². The van der Waals surface area contributed by atoms with Crippen molar-refractivity contribution in [3.63, 3.8) is 0 Å². The van der Waals surface area contributed by atoms with E-state index in [0.29, 0.717) is 24.6 Å². The van der Waals surface area contributed by atoms with E-state index in [1.165, 1.54) is 42.5 Å². The average molecular weight is 401 g/mol.